The normalized spacial score (nSPS) is 12.0. The van der Waals surface area contributed by atoms with Gasteiger partial charge in [0.2, 0.25) is 17.7 Å². The van der Waals surface area contributed by atoms with Gasteiger partial charge in [-0.15, -0.1) is 0 Å². The van der Waals surface area contributed by atoms with Crippen LogP contribution in [0.15, 0.2) is 48.7 Å². The van der Waals surface area contributed by atoms with Gasteiger partial charge < -0.3 is 20.3 Å². The molecule has 0 aliphatic rings. The molecule has 1 aromatic heterocycles. The number of halogens is 1. The van der Waals surface area contributed by atoms with Crippen LogP contribution < -0.4 is 10.6 Å². The molecule has 34 heavy (non-hydrogen) atoms. The predicted molar refractivity (Wildman–Crippen MR) is 132 cm³/mol. The lowest BCUT2D eigenvalue weighted by Gasteiger charge is -2.34. The third-order valence-corrected chi connectivity index (χ3v) is 5.70. The molecule has 0 radical (unpaired) electrons. The second-order valence-electron chi connectivity index (χ2n) is 8.52. The van der Waals surface area contributed by atoms with Crippen LogP contribution in [-0.2, 0) is 19.1 Å². The summed E-state index contributed by atoms with van der Waals surface area (Å²) in [7, 11) is 1.53. The minimum absolute atomic E-state index is 0.0473. The fourth-order valence-corrected chi connectivity index (χ4v) is 3.33. The van der Waals surface area contributed by atoms with Crippen molar-refractivity contribution in [3.05, 3.63) is 59.2 Å². The van der Waals surface area contributed by atoms with E-state index >= 15 is 0 Å². The molecule has 0 bridgehead atoms. The van der Waals surface area contributed by atoms with Crippen molar-refractivity contribution >= 4 is 35.1 Å². The fourth-order valence-electron chi connectivity index (χ4n) is 3.20. The summed E-state index contributed by atoms with van der Waals surface area (Å²) < 4.78 is 5.20. The Balaban J connectivity index is 2.25. The van der Waals surface area contributed by atoms with E-state index in [4.69, 9.17) is 16.3 Å². The zero-order valence-electron chi connectivity index (χ0n) is 20.1. The highest BCUT2D eigenvalue weighted by Crippen LogP contribution is 2.25. The number of hydrogen-bond donors (Lipinski definition) is 2. The van der Waals surface area contributed by atoms with Crippen LogP contribution in [0.2, 0.25) is 5.02 Å². The van der Waals surface area contributed by atoms with E-state index in [1.807, 2.05) is 20.8 Å². The zero-order valence-corrected chi connectivity index (χ0v) is 20.9. The first-order chi connectivity index (χ1) is 16.2. The number of rotatable bonds is 12. The number of anilines is 1. The van der Waals surface area contributed by atoms with E-state index in [0.717, 1.165) is 0 Å². The molecule has 1 unspecified atom stereocenters. The number of aromatic nitrogens is 1. The van der Waals surface area contributed by atoms with Gasteiger partial charge in [-0.2, -0.15) is 0 Å². The van der Waals surface area contributed by atoms with Crippen molar-refractivity contribution in [2.45, 2.75) is 51.6 Å². The summed E-state index contributed by atoms with van der Waals surface area (Å²) in [4.78, 5) is 44.6. The highest BCUT2D eigenvalue weighted by atomic mass is 35.5. The van der Waals surface area contributed by atoms with Crippen molar-refractivity contribution in [1.82, 2.24) is 15.2 Å². The maximum absolute atomic E-state index is 13.4. The standard InChI is InChI=1S/C25H33ClN4O4/c1-5-25(2,3)29-24(33)23(18-9-11-19(26)12-10-18)30(16-17-34-4)22(32)14-13-21(31)28-20-8-6-7-15-27-20/h6-12,15,23H,5,13-14,16-17H2,1-4H3,(H,29,33)(H,27,28,31). The monoisotopic (exact) mass is 488 g/mol. The first-order valence-electron chi connectivity index (χ1n) is 11.2. The zero-order chi connectivity index (χ0) is 25.1. The van der Waals surface area contributed by atoms with Crippen LogP contribution in [0.1, 0.15) is 51.6 Å². The van der Waals surface area contributed by atoms with Crippen molar-refractivity contribution in [3.8, 4) is 0 Å². The van der Waals surface area contributed by atoms with Crippen LogP contribution in [0.4, 0.5) is 5.82 Å². The molecule has 1 atom stereocenters. The Labute approximate surface area is 206 Å². The van der Waals surface area contributed by atoms with Crippen LogP contribution in [-0.4, -0.2) is 53.4 Å². The number of nitrogens with one attached hydrogen (secondary N) is 2. The van der Waals surface area contributed by atoms with Crippen molar-refractivity contribution in [3.63, 3.8) is 0 Å². The molecule has 2 rings (SSSR count). The van der Waals surface area contributed by atoms with Crippen molar-refractivity contribution in [2.24, 2.45) is 0 Å². The van der Waals surface area contributed by atoms with Gasteiger partial charge in [0.1, 0.15) is 11.9 Å². The van der Waals surface area contributed by atoms with E-state index in [9.17, 15) is 14.4 Å². The van der Waals surface area contributed by atoms with Gasteiger partial charge in [-0.3, -0.25) is 14.4 Å². The van der Waals surface area contributed by atoms with E-state index in [1.54, 1.807) is 48.7 Å². The third kappa shape index (κ3) is 8.43. The predicted octanol–water partition coefficient (Wildman–Crippen LogP) is 3.97. The third-order valence-electron chi connectivity index (χ3n) is 5.45. The molecule has 0 saturated heterocycles. The molecule has 0 aliphatic heterocycles. The summed E-state index contributed by atoms with van der Waals surface area (Å²) >= 11 is 6.05. The van der Waals surface area contributed by atoms with Crippen LogP contribution in [0.5, 0.6) is 0 Å². The topological polar surface area (TPSA) is 101 Å². The fraction of sp³-hybridized carbons (Fsp3) is 0.440. The molecule has 0 spiro atoms. The van der Waals surface area contributed by atoms with Gasteiger partial charge in [0.15, 0.2) is 0 Å². The number of carbonyl (C=O) groups is 3. The largest absolute Gasteiger partial charge is 0.383 e. The van der Waals surface area contributed by atoms with Gasteiger partial charge in [-0.05, 0) is 50.1 Å². The number of carbonyl (C=O) groups excluding carboxylic acids is 3. The summed E-state index contributed by atoms with van der Waals surface area (Å²) in [5.41, 5.74) is 0.163. The van der Waals surface area contributed by atoms with Gasteiger partial charge in [0.05, 0.1) is 6.61 Å². The summed E-state index contributed by atoms with van der Waals surface area (Å²) in [6.45, 7) is 6.25. The second kappa shape index (κ2) is 13.1. The molecule has 0 saturated carbocycles. The Morgan fingerprint density at radius 3 is 2.41 bits per heavy atom. The lowest BCUT2D eigenvalue weighted by molar-refractivity contribution is -0.142. The van der Waals surface area contributed by atoms with Crippen LogP contribution in [0.3, 0.4) is 0 Å². The van der Waals surface area contributed by atoms with Crippen molar-refractivity contribution in [1.29, 1.82) is 0 Å². The quantitative estimate of drug-likeness (QED) is 0.470. The molecule has 9 heteroatoms. The molecule has 0 aliphatic carbocycles. The molecule has 1 aromatic carbocycles. The van der Waals surface area contributed by atoms with E-state index in [-0.39, 0.29) is 43.7 Å². The highest BCUT2D eigenvalue weighted by molar-refractivity contribution is 6.30. The molecule has 2 aromatic rings. The first kappa shape index (κ1) is 27.3. The highest BCUT2D eigenvalue weighted by Gasteiger charge is 2.33. The van der Waals surface area contributed by atoms with Crippen molar-refractivity contribution < 1.29 is 19.1 Å². The maximum atomic E-state index is 13.4. The number of benzene rings is 1. The van der Waals surface area contributed by atoms with Gasteiger partial charge in [-0.25, -0.2) is 4.98 Å². The molecule has 1 heterocycles. The van der Waals surface area contributed by atoms with Gasteiger partial charge >= 0.3 is 0 Å². The van der Waals surface area contributed by atoms with Gasteiger partial charge in [-0.1, -0.05) is 36.7 Å². The molecule has 0 fully saturated rings. The van der Waals surface area contributed by atoms with Crippen LogP contribution >= 0.6 is 11.6 Å². The number of hydrogen-bond acceptors (Lipinski definition) is 5. The van der Waals surface area contributed by atoms with Gasteiger partial charge in [0.25, 0.3) is 0 Å². The Morgan fingerprint density at radius 1 is 1.12 bits per heavy atom. The molecule has 184 valence electrons. The summed E-state index contributed by atoms with van der Waals surface area (Å²) in [5, 5.41) is 6.23. The number of ether oxygens (including phenoxy) is 1. The summed E-state index contributed by atoms with van der Waals surface area (Å²) in [5.74, 6) is -0.566. The molecule has 2 N–H and O–H groups in total. The minimum Gasteiger partial charge on any atom is -0.383 e. The number of amides is 3. The Morgan fingerprint density at radius 2 is 1.82 bits per heavy atom. The average molecular weight is 489 g/mol. The first-order valence-corrected chi connectivity index (χ1v) is 11.6. The smallest absolute Gasteiger partial charge is 0.247 e. The molecule has 3 amide bonds. The molecule has 8 nitrogen and oxygen atoms in total. The number of methoxy groups -OCH3 is 1. The molecular weight excluding hydrogens is 456 g/mol. The SMILES string of the molecule is CCC(C)(C)NC(=O)C(c1ccc(Cl)cc1)N(CCOC)C(=O)CCC(=O)Nc1ccccn1. The average Bonchev–Trinajstić information content (AvgIpc) is 2.81. The second-order valence-corrected chi connectivity index (χ2v) is 8.96. The summed E-state index contributed by atoms with van der Waals surface area (Å²) in [6, 6.07) is 11.1. The Bertz CT molecular complexity index is 951. The Hall–Kier alpha value is -2.97. The lowest BCUT2D eigenvalue weighted by atomic mass is 9.98. The number of pyridine rings is 1. The van der Waals surface area contributed by atoms with E-state index in [1.165, 1.54) is 12.0 Å². The van der Waals surface area contributed by atoms with E-state index in [2.05, 4.69) is 15.6 Å². The summed E-state index contributed by atoms with van der Waals surface area (Å²) in [6.07, 6.45) is 2.16. The minimum atomic E-state index is -0.899. The van der Waals surface area contributed by atoms with Gasteiger partial charge in [0, 0.05) is 43.3 Å². The maximum Gasteiger partial charge on any atom is 0.247 e. The van der Waals surface area contributed by atoms with Crippen LogP contribution in [0.25, 0.3) is 0 Å². The van der Waals surface area contributed by atoms with Crippen LogP contribution in [0, 0.1) is 0 Å². The van der Waals surface area contributed by atoms with E-state index < -0.39 is 11.6 Å². The van der Waals surface area contributed by atoms with Crippen molar-refractivity contribution in [2.75, 3.05) is 25.6 Å². The lowest BCUT2D eigenvalue weighted by Crippen LogP contribution is -2.51. The Kier molecular flexibility index (Phi) is 10.5. The van der Waals surface area contributed by atoms with E-state index in [0.29, 0.717) is 22.8 Å². The number of nitrogens with zero attached hydrogens (tertiary/aromatic N) is 2. The molecular formula is C25H33ClN4O4.